The molecule has 0 aromatic carbocycles. The molecule has 15 heavy (non-hydrogen) atoms. The number of rotatable bonds is 5. The summed E-state index contributed by atoms with van der Waals surface area (Å²) < 4.78 is 0. The maximum atomic E-state index is 11.8. The van der Waals surface area contributed by atoms with Crippen LogP contribution in [0.1, 0.15) is 53.9 Å². The third-order valence-electron chi connectivity index (χ3n) is 2.87. The summed E-state index contributed by atoms with van der Waals surface area (Å²) in [6.07, 6.45) is 2.35. The van der Waals surface area contributed by atoms with Crippen molar-refractivity contribution in [2.75, 3.05) is 6.54 Å². The highest BCUT2D eigenvalue weighted by molar-refractivity contribution is 5.85. The maximum absolute atomic E-state index is 11.8. The minimum atomic E-state index is -0.683. The van der Waals surface area contributed by atoms with Crippen molar-refractivity contribution < 1.29 is 4.79 Å². The topological polar surface area (TPSA) is 55.1 Å². The van der Waals surface area contributed by atoms with Crippen LogP contribution in [0.15, 0.2) is 0 Å². The maximum Gasteiger partial charge on any atom is 0.240 e. The Labute approximate surface area is 93.8 Å². The lowest BCUT2D eigenvalue weighted by atomic mass is 9.91. The number of hydrogen-bond acceptors (Lipinski definition) is 2. The van der Waals surface area contributed by atoms with Crippen molar-refractivity contribution in [1.82, 2.24) is 5.32 Å². The quantitative estimate of drug-likeness (QED) is 0.736. The highest BCUT2D eigenvalue weighted by atomic mass is 16.2. The normalized spacial score (nSPS) is 12.7. The Morgan fingerprint density at radius 2 is 1.67 bits per heavy atom. The van der Waals surface area contributed by atoms with Gasteiger partial charge in [0.15, 0.2) is 0 Å². The van der Waals surface area contributed by atoms with E-state index < -0.39 is 5.54 Å². The summed E-state index contributed by atoms with van der Waals surface area (Å²) >= 11 is 0. The Bertz CT molecular complexity index is 202. The molecule has 0 atom stereocenters. The van der Waals surface area contributed by atoms with Gasteiger partial charge in [0, 0.05) is 6.54 Å². The first-order valence-electron chi connectivity index (χ1n) is 5.82. The minimum absolute atomic E-state index is 0.0169. The van der Waals surface area contributed by atoms with Gasteiger partial charge in [0.1, 0.15) is 0 Å². The van der Waals surface area contributed by atoms with E-state index in [0.29, 0.717) is 19.4 Å². The van der Waals surface area contributed by atoms with Crippen molar-refractivity contribution in [3.63, 3.8) is 0 Å². The van der Waals surface area contributed by atoms with Crippen molar-refractivity contribution in [2.45, 2.75) is 59.4 Å². The second-order valence-electron chi connectivity index (χ2n) is 5.43. The van der Waals surface area contributed by atoms with Crippen LogP contribution in [0.5, 0.6) is 0 Å². The molecule has 3 N–H and O–H groups in total. The first-order chi connectivity index (χ1) is 6.75. The molecule has 3 heteroatoms. The van der Waals surface area contributed by atoms with Crippen LogP contribution in [0.2, 0.25) is 0 Å². The molecule has 0 fully saturated rings. The zero-order chi connectivity index (χ0) is 12.1. The van der Waals surface area contributed by atoms with Crippen LogP contribution in [0, 0.1) is 5.41 Å². The van der Waals surface area contributed by atoms with Crippen LogP contribution in [0.4, 0.5) is 0 Å². The Hall–Kier alpha value is -0.570. The molecule has 0 rings (SSSR count). The van der Waals surface area contributed by atoms with E-state index >= 15 is 0 Å². The average Bonchev–Trinajstić information content (AvgIpc) is 2.14. The summed E-state index contributed by atoms with van der Waals surface area (Å²) in [4.78, 5) is 11.8. The molecule has 90 valence electrons. The second-order valence-corrected chi connectivity index (χ2v) is 5.43. The van der Waals surface area contributed by atoms with Gasteiger partial charge in [0.25, 0.3) is 0 Å². The van der Waals surface area contributed by atoms with E-state index in [-0.39, 0.29) is 11.3 Å². The zero-order valence-electron chi connectivity index (χ0n) is 10.8. The van der Waals surface area contributed by atoms with Gasteiger partial charge >= 0.3 is 0 Å². The molecule has 0 bridgehead atoms. The monoisotopic (exact) mass is 214 g/mol. The fourth-order valence-corrected chi connectivity index (χ4v) is 1.30. The molecule has 3 nitrogen and oxygen atoms in total. The van der Waals surface area contributed by atoms with E-state index in [2.05, 4.69) is 26.1 Å². The molecule has 0 radical (unpaired) electrons. The second kappa shape index (κ2) is 5.50. The Morgan fingerprint density at radius 3 is 2.00 bits per heavy atom. The van der Waals surface area contributed by atoms with Gasteiger partial charge in [0.2, 0.25) is 5.91 Å². The van der Waals surface area contributed by atoms with Gasteiger partial charge in [-0.05, 0) is 24.7 Å². The van der Waals surface area contributed by atoms with Gasteiger partial charge in [-0.2, -0.15) is 0 Å². The molecule has 0 aliphatic heterocycles. The largest absolute Gasteiger partial charge is 0.354 e. The van der Waals surface area contributed by atoms with E-state index in [1.807, 2.05) is 13.8 Å². The number of hydrogen-bond donors (Lipinski definition) is 2. The van der Waals surface area contributed by atoms with Crippen molar-refractivity contribution in [1.29, 1.82) is 0 Å². The fraction of sp³-hybridized carbons (Fsp3) is 0.917. The number of nitrogens with one attached hydrogen (secondary N) is 1. The smallest absolute Gasteiger partial charge is 0.240 e. The lowest BCUT2D eigenvalue weighted by Crippen LogP contribution is -2.53. The summed E-state index contributed by atoms with van der Waals surface area (Å²) in [5.74, 6) is -0.0169. The lowest BCUT2D eigenvalue weighted by molar-refractivity contribution is -0.126. The van der Waals surface area contributed by atoms with Crippen molar-refractivity contribution >= 4 is 5.91 Å². The van der Waals surface area contributed by atoms with E-state index in [4.69, 9.17) is 5.73 Å². The van der Waals surface area contributed by atoms with Gasteiger partial charge in [-0.25, -0.2) is 0 Å². The summed E-state index contributed by atoms with van der Waals surface area (Å²) in [5, 5.41) is 2.92. The predicted molar refractivity (Wildman–Crippen MR) is 64.6 cm³/mol. The van der Waals surface area contributed by atoms with Crippen LogP contribution in [0.3, 0.4) is 0 Å². The number of carbonyl (C=O) groups excluding carboxylic acids is 1. The van der Waals surface area contributed by atoms with E-state index in [9.17, 15) is 4.79 Å². The fourth-order valence-electron chi connectivity index (χ4n) is 1.30. The predicted octanol–water partition coefficient (Wildman–Crippen LogP) is 2.06. The Balaban J connectivity index is 4.04. The number of amides is 1. The lowest BCUT2D eigenvalue weighted by Gasteiger charge is -2.26. The van der Waals surface area contributed by atoms with Crippen LogP contribution in [0.25, 0.3) is 0 Å². The van der Waals surface area contributed by atoms with Crippen molar-refractivity contribution in [2.24, 2.45) is 11.1 Å². The van der Waals surface area contributed by atoms with Gasteiger partial charge < -0.3 is 11.1 Å². The van der Waals surface area contributed by atoms with Crippen LogP contribution < -0.4 is 11.1 Å². The first-order valence-corrected chi connectivity index (χ1v) is 5.82. The highest BCUT2D eigenvalue weighted by Gasteiger charge is 2.29. The van der Waals surface area contributed by atoms with Gasteiger partial charge in [-0.3, -0.25) is 4.79 Å². The minimum Gasteiger partial charge on any atom is -0.354 e. The van der Waals surface area contributed by atoms with E-state index in [0.717, 1.165) is 6.42 Å². The highest BCUT2D eigenvalue weighted by Crippen LogP contribution is 2.17. The molecule has 0 saturated carbocycles. The van der Waals surface area contributed by atoms with Crippen LogP contribution in [-0.2, 0) is 4.79 Å². The molecular weight excluding hydrogens is 188 g/mol. The molecule has 0 spiro atoms. The first kappa shape index (κ1) is 14.4. The Kier molecular flexibility index (Phi) is 5.29. The summed E-state index contributed by atoms with van der Waals surface area (Å²) in [6.45, 7) is 11.1. The van der Waals surface area contributed by atoms with Gasteiger partial charge in [0.05, 0.1) is 5.54 Å². The zero-order valence-corrected chi connectivity index (χ0v) is 10.8. The number of nitrogens with two attached hydrogens (primary N) is 1. The molecule has 0 aliphatic rings. The summed E-state index contributed by atoms with van der Waals surface area (Å²) in [5.41, 5.74) is 5.55. The molecule has 0 heterocycles. The average molecular weight is 214 g/mol. The van der Waals surface area contributed by atoms with Crippen molar-refractivity contribution in [3.05, 3.63) is 0 Å². The molecular formula is C12H26N2O. The van der Waals surface area contributed by atoms with Crippen molar-refractivity contribution in [3.8, 4) is 0 Å². The Morgan fingerprint density at radius 1 is 1.20 bits per heavy atom. The van der Waals surface area contributed by atoms with E-state index in [1.165, 1.54) is 0 Å². The van der Waals surface area contributed by atoms with Crippen LogP contribution in [-0.4, -0.2) is 18.0 Å². The molecule has 1 amide bonds. The third-order valence-corrected chi connectivity index (χ3v) is 2.87. The summed E-state index contributed by atoms with van der Waals surface area (Å²) in [7, 11) is 0. The third kappa shape index (κ3) is 5.17. The molecule has 0 aromatic heterocycles. The molecule has 0 aromatic rings. The van der Waals surface area contributed by atoms with Gasteiger partial charge in [-0.1, -0.05) is 34.6 Å². The SMILES string of the molecule is CCC(N)(CC)C(=O)NCCC(C)(C)C. The summed E-state index contributed by atoms with van der Waals surface area (Å²) in [6, 6.07) is 0. The van der Waals surface area contributed by atoms with Crippen LogP contribution >= 0.6 is 0 Å². The molecule has 0 saturated heterocycles. The van der Waals surface area contributed by atoms with Gasteiger partial charge in [-0.15, -0.1) is 0 Å². The van der Waals surface area contributed by atoms with E-state index in [1.54, 1.807) is 0 Å². The number of carbonyl (C=O) groups is 1. The standard InChI is InChI=1S/C12H26N2O/c1-6-12(13,7-2)10(15)14-9-8-11(3,4)5/h6-9,13H2,1-5H3,(H,14,15). The molecule has 0 aliphatic carbocycles. The molecule has 0 unspecified atom stereocenters.